The van der Waals surface area contributed by atoms with E-state index in [-0.39, 0.29) is 0 Å². The summed E-state index contributed by atoms with van der Waals surface area (Å²) in [6.07, 6.45) is 7.42. The molecule has 0 radical (unpaired) electrons. The van der Waals surface area contributed by atoms with Crippen molar-refractivity contribution in [1.82, 2.24) is 0 Å². The number of hydrogen-bond donors (Lipinski definition) is 0. The number of allylic oxidation sites excluding steroid dienone is 2. The summed E-state index contributed by atoms with van der Waals surface area (Å²) >= 11 is 0. The minimum Gasteiger partial charge on any atom is -0.0914 e. The van der Waals surface area contributed by atoms with Crippen LogP contribution in [-0.4, -0.2) is 0 Å². The molecular formula is C12H22. The monoisotopic (exact) mass is 166 g/mol. The zero-order valence-electron chi connectivity index (χ0n) is 8.88. The van der Waals surface area contributed by atoms with E-state index in [0.29, 0.717) is 0 Å². The molecule has 1 fully saturated rings. The van der Waals surface area contributed by atoms with Gasteiger partial charge in [0.1, 0.15) is 0 Å². The molecule has 1 saturated carbocycles. The Morgan fingerprint density at radius 2 is 1.50 bits per heavy atom. The normalized spacial score (nSPS) is 43.7. The first-order valence-electron chi connectivity index (χ1n) is 5.28. The molecule has 4 unspecified atom stereocenters. The van der Waals surface area contributed by atoms with Crippen LogP contribution in [0.4, 0.5) is 0 Å². The molecule has 0 nitrogen and oxygen atoms in total. The van der Waals surface area contributed by atoms with Gasteiger partial charge >= 0.3 is 0 Å². The fraction of sp³-hybridized carbons (Fsp3) is 0.833. The van der Waals surface area contributed by atoms with Gasteiger partial charge in [-0.25, -0.2) is 0 Å². The Morgan fingerprint density at radius 3 is 2.08 bits per heavy atom. The third kappa shape index (κ3) is 2.12. The van der Waals surface area contributed by atoms with E-state index >= 15 is 0 Å². The molecule has 1 rings (SSSR count). The van der Waals surface area contributed by atoms with E-state index < -0.39 is 0 Å². The first-order chi connectivity index (χ1) is 5.65. The summed E-state index contributed by atoms with van der Waals surface area (Å²) in [7, 11) is 0. The van der Waals surface area contributed by atoms with Crippen LogP contribution in [0.25, 0.3) is 0 Å². The molecule has 0 heteroatoms. The highest BCUT2D eigenvalue weighted by molar-refractivity contribution is 4.93. The van der Waals surface area contributed by atoms with Gasteiger partial charge in [-0.2, -0.15) is 0 Å². The highest BCUT2D eigenvalue weighted by atomic mass is 14.3. The van der Waals surface area contributed by atoms with Gasteiger partial charge in [0.05, 0.1) is 0 Å². The summed E-state index contributed by atoms with van der Waals surface area (Å²) in [5.41, 5.74) is 0. The van der Waals surface area contributed by atoms with Crippen molar-refractivity contribution in [3.63, 3.8) is 0 Å². The van der Waals surface area contributed by atoms with E-state index in [1.807, 2.05) is 0 Å². The van der Waals surface area contributed by atoms with E-state index in [1.54, 1.807) is 0 Å². The van der Waals surface area contributed by atoms with Crippen LogP contribution in [-0.2, 0) is 0 Å². The summed E-state index contributed by atoms with van der Waals surface area (Å²) in [5, 5.41) is 0. The lowest BCUT2D eigenvalue weighted by Crippen LogP contribution is -2.26. The first kappa shape index (κ1) is 9.83. The van der Waals surface area contributed by atoms with Gasteiger partial charge in [0.15, 0.2) is 0 Å². The van der Waals surface area contributed by atoms with Gasteiger partial charge < -0.3 is 0 Å². The van der Waals surface area contributed by atoms with Crippen molar-refractivity contribution in [3.05, 3.63) is 12.2 Å². The predicted molar refractivity (Wildman–Crippen MR) is 55.0 cm³/mol. The molecule has 0 heterocycles. The Bertz CT molecular complexity index is 157. The van der Waals surface area contributed by atoms with Crippen LogP contribution >= 0.6 is 0 Å². The molecule has 0 saturated heterocycles. The third-order valence-electron chi connectivity index (χ3n) is 3.53. The van der Waals surface area contributed by atoms with Gasteiger partial charge in [0.2, 0.25) is 0 Å². The number of hydrogen-bond acceptors (Lipinski definition) is 0. The largest absolute Gasteiger partial charge is 0.0914 e. The van der Waals surface area contributed by atoms with Gasteiger partial charge in [-0.15, -0.1) is 0 Å². The minimum absolute atomic E-state index is 0.848. The quantitative estimate of drug-likeness (QED) is 0.519. The van der Waals surface area contributed by atoms with Crippen LogP contribution in [0.5, 0.6) is 0 Å². The van der Waals surface area contributed by atoms with E-state index in [0.717, 1.165) is 23.7 Å². The Morgan fingerprint density at radius 1 is 0.917 bits per heavy atom. The summed E-state index contributed by atoms with van der Waals surface area (Å²) in [6.45, 7) is 9.32. The van der Waals surface area contributed by atoms with Gasteiger partial charge in [0.25, 0.3) is 0 Å². The van der Waals surface area contributed by atoms with Gasteiger partial charge in [-0.05, 0) is 43.4 Å². The summed E-state index contributed by atoms with van der Waals surface area (Å²) < 4.78 is 0. The average molecular weight is 166 g/mol. The maximum atomic E-state index is 2.40. The molecular weight excluding hydrogens is 144 g/mol. The molecule has 0 spiro atoms. The smallest absolute Gasteiger partial charge is 0.0205 e. The number of rotatable bonds is 1. The fourth-order valence-electron chi connectivity index (χ4n) is 2.40. The van der Waals surface area contributed by atoms with Crippen LogP contribution in [0.15, 0.2) is 12.2 Å². The molecule has 0 bridgehead atoms. The zero-order valence-corrected chi connectivity index (χ0v) is 8.88. The summed E-state index contributed by atoms with van der Waals surface area (Å²) in [5.74, 6) is 3.59. The molecule has 0 amide bonds. The third-order valence-corrected chi connectivity index (χ3v) is 3.53. The van der Waals surface area contributed by atoms with Crippen LogP contribution in [0.1, 0.15) is 40.5 Å². The second-order valence-corrected chi connectivity index (χ2v) is 4.59. The molecule has 70 valence electrons. The topological polar surface area (TPSA) is 0 Å². The Kier molecular flexibility index (Phi) is 3.37. The van der Waals surface area contributed by atoms with Crippen LogP contribution in [0.2, 0.25) is 0 Å². The first-order valence-corrected chi connectivity index (χ1v) is 5.28. The molecule has 0 N–H and O–H groups in total. The Hall–Kier alpha value is -0.260. The summed E-state index contributed by atoms with van der Waals surface area (Å²) in [6, 6.07) is 0. The molecule has 1 aliphatic rings. The van der Waals surface area contributed by atoms with E-state index in [2.05, 4.69) is 39.8 Å². The lowest BCUT2D eigenvalue weighted by Gasteiger charge is -2.35. The molecule has 0 aromatic rings. The standard InChI is InChI=1S/C12H22/c1-5-6-12-8-10(3)9(2)7-11(12)4/h5-6,9-12H,7-8H2,1-4H3/b6-5+. The van der Waals surface area contributed by atoms with Crippen molar-refractivity contribution in [2.24, 2.45) is 23.7 Å². The van der Waals surface area contributed by atoms with Crippen molar-refractivity contribution in [2.75, 3.05) is 0 Å². The second kappa shape index (κ2) is 4.11. The maximum Gasteiger partial charge on any atom is -0.0205 e. The van der Waals surface area contributed by atoms with Crippen LogP contribution < -0.4 is 0 Å². The van der Waals surface area contributed by atoms with Crippen LogP contribution in [0.3, 0.4) is 0 Å². The van der Waals surface area contributed by atoms with Crippen molar-refractivity contribution in [3.8, 4) is 0 Å². The second-order valence-electron chi connectivity index (χ2n) is 4.59. The maximum absolute atomic E-state index is 2.40. The van der Waals surface area contributed by atoms with Crippen LogP contribution in [0, 0.1) is 23.7 Å². The average Bonchev–Trinajstić information content (AvgIpc) is 2.01. The highest BCUT2D eigenvalue weighted by Crippen LogP contribution is 2.37. The SMILES string of the molecule is C/C=C/C1CC(C)C(C)CC1C. The van der Waals surface area contributed by atoms with E-state index in [1.165, 1.54) is 12.8 Å². The van der Waals surface area contributed by atoms with Crippen molar-refractivity contribution in [2.45, 2.75) is 40.5 Å². The molecule has 0 aliphatic heterocycles. The van der Waals surface area contributed by atoms with Gasteiger partial charge in [0, 0.05) is 0 Å². The van der Waals surface area contributed by atoms with Crippen molar-refractivity contribution in [1.29, 1.82) is 0 Å². The molecule has 4 atom stereocenters. The lowest BCUT2D eigenvalue weighted by atomic mass is 9.70. The van der Waals surface area contributed by atoms with E-state index in [9.17, 15) is 0 Å². The molecule has 0 aromatic heterocycles. The van der Waals surface area contributed by atoms with Crippen molar-refractivity contribution >= 4 is 0 Å². The van der Waals surface area contributed by atoms with E-state index in [4.69, 9.17) is 0 Å². The Labute approximate surface area is 77.1 Å². The minimum atomic E-state index is 0.848. The van der Waals surface area contributed by atoms with Crippen molar-refractivity contribution < 1.29 is 0 Å². The molecule has 0 aromatic carbocycles. The summed E-state index contributed by atoms with van der Waals surface area (Å²) in [4.78, 5) is 0. The zero-order chi connectivity index (χ0) is 9.14. The van der Waals surface area contributed by atoms with Gasteiger partial charge in [-0.3, -0.25) is 0 Å². The lowest BCUT2D eigenvalue weighted by molar-refractivity contribution is 0.174. The predicted octanol–water partition coefficient (Wildman–Crippen LogP) is 3.88. The Balaban J connectivity index is 2.55. The molecule has 1 aliphatic carbocycles. The van der Waals surface area contributed by atoms with Gasteiger partial charge in [-0.1, -0.05) is 32.9 Å². The molecule has 12 heavy (non-hydrogen) atoms. The fourth-order valence-corrected chi connectivity index (χ4v) is 2.40. The highest BCUT2D eigenvalue weighted by Gasteiger charge is 2.28.